The molecule has 1 fully saturated rings. The molecule has 0 saturated carbocycles. The molecular weight excluding hydrogens is 312 g/mol. The topological polar surface area (TPSA) is 76.6 Å². The van der Waals surface area contributed by atoms with Crippen molar-refractivity contribution in [2.75, 3.05) is 30.6 Å². The lowest BCUT2D eigenvalue weighted by atomic mass is 10.2. The molecule has 0 spiro atoms. The third-order valence-electron chi connectivity index (χ3n) is 3.00. The van der Waals surface area contributed by atoms with Crippen LogP contribution in [0.1, 0.15) is 16.1 Å². The predicted octanol–water partition coefficient (Wildman–Crippen LogP) is 1.21. The van der Waals surface area contributed by atoms with Crippen LogP contribution in [0.4, 0.5) is 5.13 Å². The summed E-state index contributed by atoms with van der Waals surface area (Å²) in [7, 11) is 0.0586. The molecule has 1 aliphatic rings. The number of hydrogen-bond donors (Lipinski definition) is 0. The maximum atomic E-state index is 11.5. The molecule has 0 aromatic carbocycles. The van der Waals surface area contributed by atoms with E-state index in [1.807, 2.05) is 0 Å². The average molecular weight is 325 g/mol. The quantitative estimate of drug-likeness (QED) is 0.778. The summed E-state index contributed by atoms with van der Waals surface area (Å²) in [6.07, 6.45) is 0.559. The Kier molecular flexibility index (Phi) is 4.03. The normalized spacial score (nSPS) is 21.3. The number of anilines is 1. The van der Waals surface area contributed by atoms with Crippen LogP contribution in [0.3, 0.4) is 0 Å². The molecule has 0 bridgehead atoms. The average Bonchev–Trinajstić information content (AvgIpc) is 2.90. The molecular formula is C10H13ClN2O4S2. The highest BCUT2D eigenvalue weighted by atomic mass is 35.5. The van der Waals surface area contributed by atoms with Gasteiger partial charge in [0.15, 0.2) is 25.0 Å². The van der Waals surface area contributed by atoms with Gasteiger partial charge in [0, 0.05) is 13.1 Å². The summed E-state index contributed by atoms with van der Waals surface area (Å²) >= 11 is 6.98. The van der Waals surface area contributed by atoms with E-state index in [9.17, 15) is 13.2 Å². The van der Waals surface area contributed by atoms with Gasteiger partial charge in [0.05, 0.1) is 18.6 Å². The number of aromatic nitrogens is 1. The van der Waals surface area contributed by atoms with Gasteiger partial charge >= 0.3 is 5.97 Å². The number of hydrogen-bond acceptors (Lipinski definition) is 7. The fourth-order valence-corrected chi connectivity index (χ4v) is 4.90. The molecule has 9 heteroatoms. The van der Waals surface area contributed by atoms with Crippen molar-refractivity contribution < 1.29 is 17.9 Å². The van der Waals surface area contributed by atoms with Crippen molar-refractivity contribution >= 4 is 43.9 Å². The minimum Gasteiger partial charge on any atom is -0.465 e. The number of esters is 1. The molecule has 1 saturated heterocycles. The van der Waals surface area contributed by atoms with Crippen molar-refractivity contribution in [1.82, 2.24) is 4.98 Å². The number of nitrogens with zero attached hydrogens (tertiary/aromatic N) is 2. The van der Waals surface area contributed by atoms with Crippen LogP contribution in [0.25, 0.3) is 0 Å². The van der Waals surface area contributed by atoms with Gasteiger partial charge in [0.1, 0.15) is 0 Å². The molecule has 0 N–H and O–H groups in total. The zero-order chi connectivity index (χ0) is 14.2. The van der Waals surface area contributed by atoms with Crippen LogP contribution < -0.4 is 4.90 Å². The van der Waals surface area contributed by atoms with E-state index in [-0.39, 0.29) is 27.6 Å². The first-order valence-corrected chi connectivity index (χ1v) is 8.53. The fourth-order valence-electron chi connectivity index (χ4n) is 1.90. The van der Waals surface area contributed by atoms with Crippen molar-refractivity contribution in [3.05, 3.63) is 10.0 Å². The van der Waals surface area contributed by atoms with E-state index < -0.39 is 15.8 Å². The Morgan fingerprint density at radius 3 is 2.79 bits per heavy atom. The van der Waals surface area contributed by atoms with Crippen LogP contribution in [-0.2, 0) is 14.6 Å². The van der Waals surface area contributed by atoms with Crippen LogP contribution in [0.15, 0.2) is 0 Å². The Bertz CT molecular complexity index is 599. The third kappa shape index (κ3) is 3.01. The molecule has 106 valence electrons. The maximum Gasteiger partial charge on any atom is 0.351 e. The van der Waals surface area contributed by atoms with E-state index in [0.29, 0.717) is 11.6 Å². The van der Waals surface area contributed by atoms with E-state index in [1.165, 1.54) is 7.11 Å². The second kappa shape index (κ2) is 5.26. The van der Waals surface area contributed by atoms with E-state index >= 15 is 0 Å². The van der Waals surface area contributed by atoms with Crippen molar-refractivity contribution in [3.63, 3.8) is 0 Å². The van der Waals surface area contributed by atoms with Gasteiger partial charge in [-0.05, 0) is 6.42 Å². The summed E-state index contributed by atoms with van der Waals surface area (Å²) < 4.78 is 27.5. The molecule has 1 aliphatic heterocycles. The Morgan fingerprint density at radius 1 is 1.58 bits per heavy atom. The Labute approximate surface area is 120 Å². The van der Waals surface area contributed by atoms with Crippen LogP contribution >= 0.6 is 22.9 Å². The zero-order valence-corrected chi connectivity index (χ0v) is 12.8. The lowest BCUT2D eigenvalue weighted by molar-refractivity contribution is 0.0606. The second-order valence-electron chi connectivity index (χ2n) is 4.28. The molecule has 1 atom stereocenters. The Balaban J connectivity index is 2.21. The van der Waals surface area contributed by atoms with Gasteiger partial charge in [0.2, 0.25) is 0 Å². The highest BCUT2D eigenvalue weighted by Gasteiger charge is 2.32. The summed E-state index contributed by atoms with van der Waals surface area (Å²) in [5, 5.41) is 0.604. The number of sulfone groups is 1. The van der Waals surface area contributed by atoms with E-state index in [0.717, 1.165) is 11.3 Å². The standard InChI is InChI=1S/C10H13ClN2O4S2/c1-13(6-3-4-19(15,16)5-6)10-12-8(11)7(18-10)9(14)17-2/h6H,3-5H2,1-2H3. The van der Waals surface area contributed by atoms with Gasteiger partial charge < -0.3 is 9.64 Å². The first kappa shape index (κ1) is 14.5. The van der Waals surface area contributed by atoms with Crippen LogP contribution in [0, 0.1) is 0 Å². The van der Waals surface area contributed by atoms with Crippen molar-refractivity contribution in [2.45, 2.75) is 12.5 Å². The Hall–Kier alpha value is -0.860. The first-order chi connectivity index (χ1) is 8.84. The smallest absolute Gasteiger partial charge is 0.351 e. The molecule has 0 radical (unpaired) electrons. The lowest BCUT2D eigenvalue weighted by Crippen LogP contribution is -2.32. The SMILES string of the molecule is COC(=O)c1sc(N(C)C2CCS(=O)(=O)C2)nc1Cl. The van der Waals surface area contributed by atoms with Crippen molar-refractivity contribution in [3.8, 4) is 0 Å². The van der Waals surface area contributed by atoms with Crippen molar-refractivity contribution in [1.29, 1.82) is 0 Å². The number of carbonyl (C=O) groups is 1. The Morgan fingerprint density at radius 2 is 2.26 bits per heavy atom. The summed E-state index contributed by atoms with van der Waals surface area (Å²) in [5.41, 5.74) is 0. The molecule has 2 heterocycles. The van der Waals surface area contributed by atoms with Gasteiger partial charge in [-0.25, -0.2) is 18.2 Å². The fraction of sp³-hybridized carbons (Fsp3) is 0.600. The summed E-state index contributed by atoms with van der Waals surface area (Å²) in [5.74, 6) is -0.250. The van der Waals surface area contributed by atoms with E-state index in [1.54, 1.807) is 11.9 Å². The van der Waals surface area contributed by atoms with Crippen LogP contribution in [0.2, 0.25) is 5.15 Å². The number of ether oxygens (including phenoxy) is 1. The summed E-state index contributed by atoms with van der Waals surface area (Å²) in [4.78, 5) is 17.5. The van der Waals surface area contributed by atoms with Crippen molar-refractivity contribution in [2.24, 2.45) is 0 Å². The molecule has 6 nitrogen and oxygen atoms in total. The minimum absolute atomic E-state index is 0.0829. The monoisotopic (exact) mass is 324 g/mol. The van der Waals surface area contributed by atoms with Crippen LogP contribution in [0.5, 0.6) is 0 Å². The zero-order valence-electron chi connectivity index (χ0n) is 10.4. The second-order valence-corrected chi connectivity index (χ2v) is 7.84. The molecule has 2 rings (SSSR count). The first-order valence-electron chi connectivity index (χ1n) is 5.52. The highest BCUT2D eigenvalue weighted by molar-refractivity contribution is 7.91. The summed E-state index contributed by atoms with van der Waals surface area (Å²) in [6.45, 7) is 0. The van der Waals surface area contributed by atoms with Crippen LogP contribution in [-0.4, -0.2) is 51.1 Å². The highest BCUT2D eigenvalue weighted by Crippen LogP contribution is 2.32. The van der Waals surface area contributed by atoms with E-state index in [2.05, 4.69) is 9.72 Å². The van der Waals surface area contributed by atoms with E-state index in [4.69, 9.17) is 11.6 Å². The third-order valence-corrected chi connectivity index (χ3v) is 6.27. The number of methoxy groups -OCH3 is 1. The van der Waals surface area contributed by atoms with Gasteiger partial charge in [-0.2, -0.15) is 0 Å². The molecule has 1 aromatic rings. The lowest BCUT2D eigenvalue weighted by Gasteiger charge is -2.22. The van der Waals surface area contributed by atoms with Gasteiger partial charge in [-0.15, -0.1) is 0 Å². The van der Waals surface area contributed by atoms with Gasteiger partial charge in [-0.1, -0.05) is 22.9 Å². The largest absolute Gasteiger partial charge is 0.465 e. The molecule has 0 amide bonds. The number of halogens is 1. The minimum atomic E-state index is -2.96. The number of thiazole rings is 1. The molecule has 0 aliphatic carbocycles. The molecule has 1 aromatic heterocycles. The number of carbonyl (C=O) groups excluding carboxylic acids is 1. The van der Waals surface area contributed by atoms with Gasteiger partial charge in [-0.3, -0.25) is 0 Å². The molecule has 19 heavy (non-hydrogen) atoms. The van der Waals surface area contributed by atoms with Gasteiger partial charge in [0.25, 0.3) is 0 Å². The summed E-state index contributed by atoms with van der Waals surface area (Å²) in [6, 6.07) is -0.127. The maximum absolute atomic E-state index is 11.5. The number of rotatable bonds is 3. The molecule has 1 unspecified atom stereocenters. The predicted molar refractivity (Wildman–Crippen MR) is 73.9 cm³/mol.